The van der Waals surface area contributed by atoms with Gasteiger partial charge in [-0.25, -0.2) is 9.59 Å². The topological polar surface area (TPSA) is 93.1 Å². The van der Waals surface area contributed by atoms with Crippen molar-refractivity contribution in [3.05, 3.63) is 119 Å². The smallest absolute Gasteiger partial charge is 0.347 e. The molecule has 6 nitrogen and oxygen atoms in total. The highest BCUT2D eigenvalue weighted by atomic mass is 16.5. The average molecular weight is 509 g/mol. The first-order valence-corrected chi connectivity index (χ1v) is 12.7. The van der Waals surface area contributed by atoms with Crippen LogP contribution in [0.3, 0.4) is 0 Å². The van der Waals surface area contributed by atoms with Gasteiger partial charge in [0.2, 0.25) is 0 Å². The molecule has 1 aliphatic carbocycles. The van der Waals surface area contributed by atoms with Gasteiger partial charge in [-0.1, -0.05) is 67.8 Å². The van der Waals surface area contributed by atoms with Gasteiger partial charge in [0.05, 0.1) is 0 Å². The van der Waals surface area contributed by atoms with Gasteiger partial charge in [0, 0.05) is 5.41 Å². The van der Waals surface area contributed by atoms with E-state index in [0.717, 1.165) is 36.8 Å². The molecule has 5 rings (SSSR count). The van der Waals surface area contributed by atoms with Crippen molar-refractivity contribution in [2.24, 2.45) is 0 Å². The van der Waals surface area contributed by atoms with Crippen LogP contribution in [0.5, 0.6) is 23.0 Å². The number of carbonyl (C=O) groups is 2. The molecule has 0 aromatic heterocycles. The van der Waals surface area contributed by atoms with Crippen molar-refractivity contribution in [2.75, 3.05) is 0 Å². The highest BCUT2D eigenvalue weighted by molar-refractivity contribution is 5.94. The largest absolute Gasteiger partial charge is 0.507 e. The van der Waals surface area contributed by atoms with Crippen molar-refractivity contribution in [3.8, 4) is 23.0 Å². The molecule has 1 fully saturated rings. The summed E-state index contributed by atoms with van der Waals surface area (Å²) in [5.74, 6) is -0.664. The Balaban J connectivity index is 1.35. The Bertz CT molecular complexity index is 1330. The number of hydrogen-bond donors (Lipinski definition) is 2. The van der Waals surface area contributed by atoms with Gasteiger partial charge in [-0.15, -0.1) is 0 Å². The van der Waals surface area contributed by atoms with Gasteiger partial charge in [-0.05, 0) is 72.5 Å². The summed E-state index contributed by atoms with van der Waals surface area (Å²) in [6, 6.07) is 27.7. The molecule has 0 atom stereocenters. The number of hydrogen-bond acceptors (Lipinski definition) is 6. The number of phenolic OH excluding ortho intramolecular Hbond substituents is 2. The lowest BCUT2D eigenvalue weighted by Crippen LogP contribution is -2.30. The van der Waals surface area contributed by atoms with Crippen LogP contribution >= 0.6 is 0 Å². The lowest BCUT2D eigenvalue weighted by atomic mass is 9.65. The Labute approximate surface area is 221 Å². The van der Waals surface area contributed by atoms with E-state index in [2.05, 4.69) is 0 Å². The summed E-state index contributed by atoms with van der Waals surface area (Å²) in [5, 5.41) is 19.9. The van der Waals surface area contributed by atoms with Crippen LogP contribution < -0.4 is 9.47 Å². The molecule has 0 radical (unpaired) electrons. The summed E-state index contributed by atoms with van der Waals surface area (Å²) in [7, 11) is 0. The second-order valence-corrected chi connectivity index (χ2v) is 9.50. The second-order valence-electron chi connectivity index (χ2n) is 9.50. The van der Waals surface area contributed by atoms with Crippen LogP contribution in [0.4, 0.5) is 0 Å². The maximum Gasteiger partial charge on any atom is 0.347 e. The summed E-state index contributed by atoms with van der Waals surface area (Å²) >= 11 is 0. The fraction of sp³-hybridized carbons (Fsp3) is 0.188. The first kappa shape index (κ1) is 25.1. The number of ether oxygens (including phenoxy) is 2. The molecule has 0 saturated heterocycles. The van der Waals surface area contributed by atoms with Gasteiger partial charge in [-0.2, -0.15) is 0 Å². The third-order valence-corrected chi connectivity index (χ3v) is 7.19. The van der Waals surface area contributed by atoms with Crippen molar-refractivity contribution >= 4 is 11.9 Å². The number of carbonyl (C=O) groups excluding carboxylic acids is 2. The van der Waals surface area contributed by atoms with Crippen LogP contribution in [-0.2, 0) is 5.41 Å². The van der Waals surface area contributed by atoms with Crippen molar-refractivity contribution in [2.45, 2.75) is 37.5 Å². The minimum absolute atomic E-state index is 0.114. The molecular weight excluding hydrogens is 480 g/mol. The minimum atomic E-state index is -0.614. The van der Waals surface area contributed by atoms with Crippen LogP contribution in [0.1, 0.15) is 63.9 Å². The number of esters is 2. The molecular formula is C32H28O6. The predicted octanol–water partition coefficient (Wildman–Crippen LogP) is 6.79. The summed E-state index contributed by atoms with van der Waals surface area (Å²) in [5.41, 5.74) is 2.27. The number of aromatic hydroxyl groups is 2. The molecule has 2 N–H and O–H groups in total. The molecule has 4 aromatic carbocycles. The van der Waals surface area contributed by atoms with Crippen molar-refractivity contribution in [3.63, 3.8) is 0 Å². The van der Waals surface area contributed by atoms with Gasteiger partial charge in [0.25, 0.3) is 0 Å². The fourth-order valence-corrected chi connectivity index (χ4v) is 5.20. The number of phenols is 2. The highest BCUT2D eigenvalue weighted by Crippen LogP contribution is 2.45. The molecule has 0 unspecified atom stereocenters. The molecule has 4 aromatic rings. The Morgan fingerprint density at radius 1 is 0.553 bits per heavy atom. The van der Waals surface area contributed by atoms with E-state index in [1.54, 1.807) is 48.5 Å². The normalized spacial score (nSPS) is 14.4. The van der Waals surface area contributed by atoms with E-state index in [4.69, 9.17) is 9.47 Å². The van der Waals surface area contributed by atoms with Crippen molar-refractivity contribution in [1.29, 1.82) is 0 Å². The SMILES string of the molecule is O=C(Oc1ccc(C2(c3ccc(OC(=O)c4ccccc4O)cc3)CCCCC2)cc1)c1ccccc1O. The zero-order chi connectivity index (χ0) is 26.5. The molecule has 192 valence electrons. The summed E-state index contributed by atoms with van der Waals surface area (Å²) < 4.78 is 11.0. The molecule has 1 aliphatic rings. The van der Waals surface area contributed by atoms with E-state index in [-0.39, 0.29) is 28.0 Å². The Morgan fingerprint density at radius 2 is 0.947 bits per heavy atom. The maximum absolute atomic E-state index is 12.5. The fourth-order valence-electron chi connectivity index (χ4n) is 5.20. The lowest BCUT2D eigenvalue weighted by molar-refractivity contribution is 0.0721. The number of rotatable bonds is 6. The van der Waals surface area contributed by atoms with E-state index in [1.807, 2.05) is 24.3 Å². The van der Waals surface area contributed by atoms with Crippen molar-refractivity contribution < 1.29 is 29.3 Å². The van der Waals surface area contributed by atoms with Crippen LogP contribution in [0, 0.1) is 0 Å². The van der Waals surface area contributed by atoms with E-state index in [0.29, 0.717) is 11.5 Å². The second kappa shape index (κ2) is 10.8. The molecule has 0 aliphatic heterocycles. The monoisotopic (exact) mass is 508 g/mol. The third-order valence-electron chi connectivity index (χ3n) is 7.19. The summed E-state index contributed by atoms with van der Waals surface area (Å²) in [6.45, 7) is 0. The lowest BCUT2D eigenvalue weighted by Gasteiger charge is -2.38. The van der Waals surface area contributed by atoms with Gasteiger partial charge in [0.15, 0.2) is 0 Å². The molecule has 1 saturated carbocycles. The molecule has 0 heterocycles. The highest BCUT2D eigenvalue weighted by Gasteiger charge is 2.35. The van der Waals surface area contributed by atoms with Gasteiger partial charge >= 0.3 is 11.9 Å². The third kappa shape index (κ3) is 5.11. The molecule has 0 amide bonds. The predicted molar refractivity (Wildman–Crippen MR) is 143 cm³/mol. The van der Waals surface area contributed by atoms with Crippen LogP contribution in [0.25, 0.3) is 0 Å². The van der Waals surface area contributed by atoms with Crippen LogP contribution in [0.2, 0.25) is 0 Å². The molecule has 38 heavy (non-hydrogen) atoms. The van der Waals surface area contributed by atoms with Crippen molar-refractivity contribution in [1.82, 2.24) is 0 Å². The standard InChI is InChI=1S/C32H28O6/c33-28-10-4-2-8-26(28)30(35)37-24-16-12-22(13-17-24)32(20-6-1-7-21-32)23-14-18-25(19-15-23)38-31(36)27-9-3-5-11-29(27)34/h2-5,8-19,33-34H,1,6-7,20-21H2. The zero-order valence-corrected chi connectivity index (χ0v) is 20.8. The Morgan fingerprint density at radius 3 is 1.34 bits per heavy atom. The Hall–Kier alpha value is -4.58. The van der Waals surface area contributed by atoms with Gasteiger partial charge < -0.3 is 19.7 Å². The summed E-state index contributed by atoms with van der Waals surface area (Å²) in [4.78, 5) is 25.0. The molecule has 0 spiro atoms. The Kier molecular flexibility index (Phi) is 7.13. The van der Waals surface area contributed by atoms with E-state index in [9.17, 15) is 19.8 Å². The first-order chi connectivity index (χ1) is 18.5. The molecule has 6 heteroatoms. The zero-order valence-electron chi connectivity index (χ0n) is 20.8. The van der Waals surface area contributed by atoms with Crippen LogP contribution in [0.15, 0.2) is 97.1 Å². The average Bonchev–Trinajstić information content (AvgIpc) is 2.94. The first-order valence-electron chi connectivity index (χ1n) is 12.7. The van der Waals surface area contributed by atoms with E-state index in [1.165, 1.54) is 30.7 Å². The minimum Gasteiger partial charge on any atom is -0.507 e. The molecule has 0 bridgehead atoms. The van der Waals surface area contributed by atoms with Gasteiger partial charge in [0.1, 0.15) is 34.1 Å². The van der Waals surface area contributed by atoms with E-state index >= 15 is 0 Å². The maximum atomic E-state index is 12.5. The number of benzene rings is 4. The number of para-hydroxylation sites is 2. The van der Waals surface area contributed by atoms with Crippen LogP contribution in [-0.4, -0.2) is 22.2 Å². The quantitative estimate of drug-likeness (QED) is 0.220. The van der Waals surface area contributed by atoms with E-state index < -0.39 is 11.9 Å². The summed E-state index contributed by atoms with van der Waals surface area (Å²) in [6.07, 6.45) is 5.30. The van der Waals surface area contributed by atoms with Gasteiger partial charge in [-0.3, -0.25) is 0 Å².